The Morgan fingerprint density at radius 1 is 1.50 bits per heavy atom. The van der Waals surface area contributed by atoms with Crippen molar-refractivity contribution in [2.75, 3.05) is 0 Å². The standard InChI is InChI=1S/C12H11BrClFN2O/c1-7-12(13)10(17(2)16-7)6-18-11-4-3-8(15)5-9(11)14/h3-5H,6H2,1-2H3. The second-order valence-corrected chi connectivity index (χ2v) is 5.03. The van der Waals surface area contributed by atoms with Crippen molar-refractivity contribution in [3.63, 3.8) is 0 Å². The zero-order valence-corrected chi connectivity index (χ0v) is 12.2. The first-order valence-corrected chi connectivity index (χ1v) is 6.42. The zero-order chi connectivity index (χ0) is 13.3. The lowest BCUT2D eigenvalue weighted by Gasteiger charge is -2.08. The van der Waals surface area contributed by atoms with Crippen LogP contribution in [0.15, 0.2) is 22.7 Å². The third kappa shape index (κ3) is 2.67. The van der Waals surface area contributed by atoms with Crippen molar-refractivity contribution in [3.8, 4) is 5.75 Å². The van der Waals surface area contributed by atoms with Crippen LogP contribution in [0.1, 0.15) is 11.4 Å². The predicted molar refractivity (Wildman–Crippen MR) is 71.4 cm³/mol. The van der Waals surface area contributed by atoms with Crippen LogP contribution in [-0.2, 0) is 13.7 Å². The molecule has 0 N–H and O–H groups in total. The lowest BCUT2D eigenvalue weighted by Crippen LogP contribution is -2.04. The van der Waals surface area contributed by atoms with Crippen molar-refractivity contribution in [2.24, 2.45) is 7.05 Å². The molecule has 0 fully saturated rings. The molecule has 0 atom stereocenters. The molecule has 3 nitrogen and oxygen atoms in total. The third-order valence-electron chi connectivity index (χ3n) is 2.52. The van der Waals surface area contributed by atoms with Crippen LogP contribution in [-0.4, -0.2) is 9.78 Å². The van der Waals surface area contributed by atoms with E-state index in [9.17, 15) is 4.39 Å². The molecule has 18 heavy (non-hydrogen) atoms. The molecule has 96 valence electrons. The fourth-order valence-electron chi connectivity index (χ4n) is 1.58. The van der Waals surface area contributed by atoms with Crippen LogP contribution in [0.3, 0.4) is 0 Å². The quantitative estimate of drug-likeness (QED) is 0.853. The molecule has 0 aliphatic carbocycles. The Labute approximate surface area is 118 Å². The minimum atomic E-state index is -0.384. The monoisotopic (exact) mass is 332 g/mol. The number of hydrogen-bond donors (Lipinski definition) is 0. The summed E-state index contributed by atoms with van der Waals surface area (Å²) in [6.07, 6.45) is 0. The van der Waals surface area contributed by atoms with Gasteiger partial charge in [0.25, 0.3) is 0 Å². The van der Waals surface area contributed by atoms with E-state index in [1.165, 1.54) is 18.2 Å². The van der Waals surface area contributed by atoms with Crippen molar-refractivity contribution in [1.82, 2.24) is 9.78 Å². The van der Waals surface area contributed by atoms with Crippen molar-refractivity contribution < 1.29 is 9.13 Å². The van der Waals surface area contributed by atoms with Gasteiger partial charge in [0.15, 0.2) is 0 Å². The molecule has 0 saturated carbocycles. The molecule has 1 aromatic carbocycles. The topological polar surface area (TPSA) is 27.1 Å². The number of aromatic nitrogens is 2. The molecule has 0 spiro atoms. The Balaban J connectivity index is 2.16. The summed E-state index contributed by atoms with van der Waals surface area (Å²) in [7, 11) is 1.84. The van der Waals surface area contributed by atoms with Crippen LogP contribution in [0.25, 0.3) is 0 Å². The van der Waals surface area contributed by atoms with Gasteiger partial charge in [-0.15, -0.1) is 0 Å². The average molecular weight is 334 g/mol. The van der Waals surface area contributed by atoms with E-state index in [4.69, 9.17) is 16.3 Å². The fourth-order valence-corrected chi connectivity index (χ4v) is 2.25. The second-order valence-electron chi connectivity index (χ2n) is 3.83. The highest BCUT2D eigenvalue weighted by Gasteiger charge is 2.12. The maximum Gasteiger partial charge on any atom is 0.138 e. The highest BCUT2D eigenvalue weighted by Crippen LogP contribution is 2.27. The lowest BCUT2D eigenvalue weighted by atomic mass is 10.3. The van der Waals surface area contributed by atoms with Crippen LogP contribution in [0, 0.1) is 12.7 Å². The molecule has 0 unspecified atom stereocenters. The van der Waals surface area contributed by atoms with E-state index in [-0.39, 0.29) is 10.8 Å². The normalized spacial score (nSPS) is 10.7. The molecule has 0 saturated heterocycles. The first kappa shape index (κ1) is 13.4. The molecule has 6 heteroatoms. The lowest BCUT2D eigenvalue weighted by molar-refractivity contribution is 0.294. The second kappa shape index (κ2) is 5.28. The number of benzene rings is 1. The summed E-state index contributed by atoms with van der Waals surface area (Å²) in [5.41, 5.74) is 1.79. The van der Waals surface area contributed by atoms with E-state index >= 15 is 0 Å². The fraction of sp³-hybridized carbons (Fsp3) is 0.250. The first-order valence-electron chi connectivity index (χ1n) is 5.25. The number of hydrogen-bond acceptors (Lipinski definition) is 2. The Morgan fingerprint density at radius 3 is 2.78 bits per heavy atom. The van der Waals surface area contributed by atoms with Gasteiger partial charge in [-0.25, -0.2) is 4.39 Å². The maximum atomic E-state index is 12.9. The number of ether oxygens (including phenoxy) is 1. The maximum absolute atomic E-state index is 12.9. The summed E-state index contributed by atoms with van der Waals surface area (Å²) in [5, 5.41) is 4.51. The van der Waals surface area contributed by atoms with E-state index < -0.39 is 0 Å². The van der Waals surface area contributed by atoms with Crippen molar-refractivity contribution in [3.05, 3.63) is 44.9 Å². The Hall–Kier alpha value is -1.07. The summed E-state index contributed by atoms with van der Waals surface area (Å²) in [6.45, 7) is 2.21. The Morgan fingerprint density at radius 2 is 2.22 bits per heavy atom. The molecule has 0 radical (unpaired) electrons. The molecule has 1 heterocycles. The molecule has 0 bridgehead atoms. The van der Waals surface area contributed by atoms with Crippen molar-refractivity contribution >= 4 is 27.5 Å². The largest absolute Gasteiger partial charge is 0.486 e. The summed E-state index contributed by atoms with van der Waals surface area (Å²) in [5.74, 6) is 0.0636. The van der Waals surface area contributed by atoms with Gasteiger partial charge in [0.2, 0.25) is 0 Å². The highest BCUT2D eigenvalue weighted by molar-refractivity contribution is 9.10. The SMILES string of the molecule is Cc1nn(C)c(COc2ccc(F)cc2Cl)c1Br. The van der Waals surface area contributed by atoms with Crippen LogP contribution >= 0.6 is 27.5 Å². The minimum Gasteiger partial charge on any atom is -0.486 e. The number of aryl methyl sites for hydroxylation is 2. The zero-order valence-electron chi connectivity index (χ0n) is 9.88. The van der Waals surface area contributed by atoms with Gasteiger partial charge in [-0.3, -0.25) is 4.68 Å². The van der Waals surface area contributed by atoms with Gasteiger partial charge >= 0.3 is 0 Å². The summed E-state index contributed by atoms with van der Waals surface area (Å²) in [6, 6.07) is 4.04. The molecule has 0 aliphatic rings. The van der Waals surface area contributed by atoms with Gasteiger partial charge < -0.3 is 4.74 Å². The number of rotatable bonds is 3. The van der Waals surface area contributed by atoms with Gasteiger partial charge in [-0.1, -0.05) is 11.6 Å². The van der Waals surface area contributed by atoms with E-state index in [0.717, 1.165) is 15.9 Å². The van der Waals surface area contributed by atoms with Gasteiger partial charge in [0.1, 0.15) is 18.2 Å². The molecule has 0 aliphatic heterocycles. The van der Waals surface area contributed by atoms with Gasteiger partial charge in [0.05, 0.1) is 20.9 Å². The third-order valence-corrected chi connectivity index (χ3v) is 3.85. The van der Waals surface area contributed by atoms with Crippen molar-refractivity contribution in [1.29, 1.82) is 0 Å². The van der Waals surface area contributed by atoms with Crippen LogP contribution in [0.4, 0.5) is 4.39 Å². The van der Waals surface area contributed by atoms with Gasteiger partial charge in [-0.05, 0) is 41.1 Å². The molecule has 0 amide bonds. The first-order chi connectivity index (χ1) is 8.49. The molecular formula is C12H11BrClFN2O. The molecule has 2 rings (SSSR count). The average Bonchev–Trinajstić information content (AvgIpc) is 2.53. The number of halogens is 3. The van der Waals surface area contributed by atoms with E-state index in [1.807, 2.05) is 14.0 Å². The van der Waals surface area contributed by atoms with E-state index in [1.54, 1.807) is 4.68 Å². The smallest absolute Gasteiger partial charge is 0.138 e. The minimum absolute atomic E-state index is 0.255. The summed E-state index contributed by atoms with van der Waals surface area (Å²) in [4.78, 5) is 0. The highest BCUT2D eigenvalue weighted by atomic mass is 79.9. The van der Waals surface area contributed by atoms with Crippen LogP contribution in [0.2, 0.25) is 5.02 Å². The predicted octanol–water partition coefficient (Wildman–Crippen LogP) is 3.86. The van der Waals surface area contributed by atoms with Gasteiger partial charge in [-0.2, -0.15) is 5.10 Å². The van der Waals surface area contributed by atoms with Crippen LogP contribution < -0.4 is 4.74 Å². The molecule has 1 aromatic heterocycles. The van der Waals surface area contributed by atoms with E-state index in [2.05, 4.69) is 21.0 Å². The Kier molecular flexibility index (Phi) is 3.92. The summed E-state index contributed by atoms with van der Waals surface area (Å²) >= 11 is 9.33. The Bertz CT molecular complexity index is 586. The van der Waals surface area contributed by atoms with Crippen LogP contribution in [0.5, 0.6) is 5.75 Å². The van der Waals surface area contributed by atoms with E-state index in [0.29, 0.717) is 12.4 Å². The molecule has 2 aromatic rings. The van der Waals surface area contributed by atoms with Crippen molar-refractivity contribution in [2.45, 2.75) is 13.5 Å². The number of nitrogens with zero attached hydrogens (tertiary/aromatic N) is 2. The summed E-state index contributed by atoms with van der Waals surface area (Å²) < 4.78 is 21.1. The van der Waals surface area contributed by atoms with Gasteiger partial charge in [0, 0.05) is 7.05 Å². The molecular weight excluding hydrogens is 322 g/mol.